The lowest BCUT2D eigenvalue weighted by Crippen LogP contribution is -2.20. The zero-order valence-electron chi connectivity index (χ0n) is 17.7. The number of nitriles is 1. The van der Waals surface area contributed by atoms with Crippen LogP contribution in [0.3, 0.4) is 0 Å². The number of fused-ring (bicyclic) bond motifs is 1. The summed E-state index contributed by atoms with van der Waals surface area (Å²) in [5, 5.41) is 30.5. The fourth-order valence-electron chi connectivity index (χ4n) is 3.49. The second-order valence-corrected chi connectivity index (χ2v) is 7.41. The highest BCUT2D eigenvalue weighted by atomic mass is 19.1. The van der Waals surface area contributed by atoms with E-state index in [1.165, 1.54) is 17.2 Å². The third-order valence-corrected chi connectivity index (χ3v) is 4.97. The van der Waals surface area contributed by atoms with Crippen molar-refractivity contribution in [1.82, 2.24) is 39.7 Å². The summed E-state index contributed by atoms with van der Waals surface area (Å²) in [5.74, 6) is -0.750. The maximum Gasteiger partial charge on any atom is 0.214 e. The lowest BCUT2D eigenvalue weighted by molar-refractivity contribution is 0.185. The number of rotatable bonds is 6. The lowest BCUT2D eigenvalue weighted by atomic mass is 10.1. The van der Waals surface area contributed by atoms with Gasteiger partial charge in [-0.1, -0.05) is 6.07 Å². The standard InChI is InChI=1S/C22H16FN9O2/c1-13(10-31-12-26-29-30-31)34-21-4-2-3-16(27-21)17-5-6-18-22(28-17)32(11-25-18)19-7-14(23)8-20(33)15(19)9-24/h2-8,11-13,33H,10H2,1H3/t13-/m0/s1. The van der Waals surface area contributed by atoms with Crippen LogP contribution in [0.4, 0.5) is 4.39 Å². The van der Waals surface area contributed by atoms with Gasteiger partial charge in [-0.05, 0) is 41.6 Å². The Morgan fingerprint density at radius 1 is 1.15 bits per heavy atom. The molecule has 168 valence electrons. The van der Waals surface area contributed by atoms with Gasteiger partial charge in [0.15, 0.2) is 5.65 Å². The molecule has 34 heavy (non-hydrogen) atoms. The van der Waals surface area contributed by atoms with Crippen LogP contribution in [0.2, 0.25) is 0 Å². The van der Waals surface area contributed by atoms with Crippen LogP contribution >= 0.6 is 0 Å². The van der Waals surface area contributed by atoms with Crippen molar-refractivity contribution in [3.8, 4) is 34.8 Å². The molecule has 0 amide bonds. The molecule has 4 heterocycles. The molecule has 0 radical (unpaired) electrons. The Kier molecular flexibility index (Phi) is 5.27. The highest BCUT2D eigenvalue weighted by Gasteiger charge is 2.17. The number of halogens is 1. The number of aromatic nitrogens is 8. The number of hydrogen-bond donors (Lipinski definition) is 1. The van der Waals surface area contributed by atoms with Crippen LogP contribution in [0.5, 0.6) is 11.6 Å². The molecule has 0 saturated heterocycles. The lowest BCUT2D eigenvalue weighted by Gasteiger charge is -2.14. The van der Waals surface area contributed by atoms with Gasteiger partial charge < -0.3 is 9.84 Å². The minimum Gasteiger partial charge on any atom is -0.506 e. The SMILES string of the molecule is C[C@@H](Cn1cnnn1)Oc1cccc(-c2ccc3ncn(-c4cc(F)cc(O)c4C#N)c3n2)n1. The first-order valence-corrected chi connectivity index (χ1v) is 10.1. The number of tetrazole rings is 1. The Hall–Kier alpha value is -4.92. The van der Waals surface area contributed by atoms with E-state index in [1.807, 2.05) is 13.0 Å². The molecule has 0 bridgehead atoms. The monoisotopic (exact) mass is 457 g/mol. The minimum atomic E-state index is -0.688. The predicted octanol–water partition coefficient (Wildman–Crippen LogP) is 2.65. The van der Waals surface area contributed by atoms with Gasteiger partial charge in [0.25, 0.3) is 0 Å². The van der Waals surface area contributed by atoms with Crippen LogP contribution < -0.4 is 4.74 Å². The Labute approximate surface area is 191 Å². The number of benzene rings is 1. The molecule has 4 aromatic heterocycles. The fraction of sp³-hybridized carbons (Fsp3) is 0.136. The first-order chi connectivity index (χ1) is 16.5. The van der Waals surface area contributed by atoms with Crippen molar-refractivity contribution in [2.24, 2.45) is 0 Å². The van der Waals surface area contributed by atoms with E-state index in [9.17, 15) is 14.8 Å². The number of pyridine rings is 2. The molecule has 0 spiro atoms. The summed E-state index contributed by atoms with van der Waals surface area (Å²) in [5.41, 5.74) is 2.01. The van der Waals surface area contributed by atoms with Gasteiger partial charge in [-0.2, -0.15) is 5.26 Å². The summed E-state index contributed by atoms with van der Waals surface area (Å²) < 4.78 is 22.9. The molecular formula is C22H16FN9O2. The van der Waals surface area contributed by atoms with Gasteiger partial charge in [-0.15, -0.1) is 5.10 Å². The third-order valence-electron chi connectivity index (χ3n) is 4.97. The molecule has 5 aromatic rings. The Bertz CT molecular complexity index is 1530. The van der Waals surface area contributed by atoms with Crippen molar-refractivity contribution >= 4 is 11.2 Å². The van der Waals surface area contributed by atoms with Crippen molar-refractivity contribution in [2.45, 2.75) is 19.6 Å². The van der Waals surface area contributed by atoms with Gasteiger partial charge in [0.2, 0.25) is 5.88 Å². The van der Waals surface area contributed by atoms with Gasteiger partial charge in [0.05, 0.1) is 23.6 Å². The summed E-state index contributed by atoms with van der Waals surface area (Å²) in [7, 11) is 0. The Balaban J connectivity index is 1.49. The summed E-state index contributed by atoms with van der Waals surface area (Å²) in [6, 6.07) is 12.7. The van der Waals surface area contributed by atoms with E-state index in [2.05, 4.69) is 30.5 Å². The summed E-state index contributed by atoms with van der Waals surface area (Å²) >= 11 is 0. The first kappa shape index (κ1) is 21.0. The zero-order chi connectivity index (χ0) is 23.7. The first-order valence-electron chi connectivity index (χ1n) is 10.1. The summed E-state index contributed by atoms with van der Waals surface area (Å²) in [4.78, 5) is 13.5. The van der Waals surface area contributed by atoms with E-state index in [-0.39, 0.29) is 17.4 Å². The molecular weight excluding hydrogens is 441 g/mol. The van der Waals surface area contributed by atoms with E-state index in [1.54, 1.807) is 35.0 Å². The average Bonchev–Trinajstić information content (AvgIpc) is 3.48. The topological polar surface area (TPSA) is 140 Å². The van der Waals surface area contributed by atoms with E-state index in [0.29, 0.717) is 35.0 Å². The molecule has 1 aromatic carbocycles. The quantitative estimate of drug-likeness (QED) is 0.407. The molecule has 11 nitrogen and oxygen atoms in total. The minimum absolute atomic E-state index is 0.0852. The number of nitrogens with zero attached hydrogens (tertiary/aromatic N) is 9. The molecule has 0 fully saturated rings. The Morgan fingerprint density at radius 2 is 2.00 bits per heavy atom. The highest BCUT2D eigenvalue weighted by Crippen LogP contribution is 2.29. The number of hydrogen-bond acceptors (Lipinski definition) is 9. The molecule has 5 rings (SSSR count). The van der Waals surface area contributed by atoms with Crippen LogP contribution in [0.15, 0.2) is 55.1 Å². The number of imidazole rings is 1. The molecule has 12 heteroatoms. The highest BCUT2D eigenvalue weighted by molar-refractivity contribution is 5.77. The second-order valence-electron chi connectivity index (χ2n) is 7.41. The molecule has 0 saturated carbocycles. The van der Waals surface area contributed by atoms with Crippen molar-refractivity contribution in [1.29, 1.82) is 5.26 Å². The largest absolute Gasteiger partial charge is 0.506 e. The molecule has 0 aliphatic carbocycles. The van der Waals surface area contributed by atoms with Crippen molar-refractivity contribution in [2.75, 3.05) is 0 Å². The molecule has 0 aliphatic heterocycles. The number of phenolic OH excluding ortho intramolecular Hbond substituents is 1. The van der Waals surface area contributed by atoms with Gasteiger partial charge in [-0.25, -0.2) is 24.0 Å². The van der Waals surface area contributed by atoms with E-state index >= 15 is 0 Å². The molecule has 0 aliphatic rings. The third kappa shape index (κ3) is 3.97. The summed E-state index contributed by atoms with van der Waals surface area (Å²) in [6.45, 7) is 2.32. The molecule has 1 N–H and O–H groups in total. The number of ether oxygens (including phenoxy) is 1. The van der Waals surface area contributed by atoms with Crippen molar-refractivity contribution < 1.29 is 14.2 Å². The second kappa shape index (κ2) is 8.55. The van der Waals surface area contributed by atoms with Crippen LogP contribution in [0, 0.1) is 17.1 Å². The average molecular weight is 457 g/mol. The van der Waals surface area contributed by atoms with E-state index < -0.39 is 11.6 Å². The van der Waals surface area contributed by atoms with Gasteiger partial charge in [0.1, 0.15) is 47.5 Å². The van der Waals surface area contributed by atoms with Crippen LogP contribution in [0.1, 0.15) is 12.5 Å². The Morgan fingerprint density at radius 3 is 2.79 bits per heavy atom. The fourth-order valence-corrected chi connectivity index (χ4v) is 3.49. The normalized spacial score (nSPS) is 11.9. The number of phenols is 1. The van der Waals surface area contributed by atoms with Gasteiger partial charge >= 0.3 is 0 Å². The smallest absolute Gasteiger partial charge is 0.214 e. The van der Waals surface area contributed by atoms with Gasteiger partial charge in [0, 0.05) is 12.1 Å². The molecule has 1 atom stereocenters. The maximum atomic E-state index is 14.0. The van der Waals surface area contributed by atoms with Crippen LogP contribution in [-0.4, -0.2) is 50.9 Å². The predicted molar refractivity (Wildman–Crippen MR) is 116 cm³/mol. The van der Waals surface area contributed by atoms with E-state index in [4.69, 9.17) is 4.74 Å². The zero-order valence-corrected chi connectivity index (χ0v) is 17.7. The van der Waals surface area contributed by atoms with Gasteiger partial charge in [-0.3, -0.25) is 4.57 Å². The summed E-state index contributed by atoms with van der Waals surface area (Å²) in [6.07, 6.45) is 2.68. The van der Waals surface area contributed by atoms with Crippen LogP contribution in [0.25, 0.3) is 28.2 Å². The van der Waals surface area contributed by atoms with E-state index in [0.717, 1.165) is 12.1 Å². The van der Waals surface area contributed by atoms with Crippen molar-refractivity contribution in [3.05, 3.63) is 66.5 Å². The number of aromatic hydroxyl groups is 1. The van der Waals surface area contributed by atoms with Crippen molar-refractivity contribution in [3.63, 3.8) is 0 Å². The molecule has 0 unspecified atom stereocenters. The van der Waals surface area contributed by atoms with Crippen LogP contribution in [-0.2, 0) is 6.54 Å². The maximum absolute atomic E-state index is 14.0.